The molecule has 1 unspecified atom stereocenters. The molecule has 0 aromatic carbocycles. The summed E-state index contributed by atoms with van der Waals surface area (Å²) in [6, 6.07) is 1.85. The van der Waals surface area contributed by atoms with Gasteiger partial charge in [-0.25, -0.2) is 4.79 Å². The third kappa shape index (κ3) is 5.50. The van der Waals surface area contributed by atoms with Gasteiger partial charge in [0.15, 0.2) is 0 Å². The van der Waals surface area contributed by atoms with Crippen LogP contribution in [0.2, 0.25) is 0 Å². The van der Waals surface area contributed by atoms with Gasteiger partial charge in [-0.15, -0.1) is 11.3 Å². The number of anilines is 1. The van der Waals surface area contributed by atoms with Gasteiger partial charge in [0.25, 0.3) is 0 Å². The summed E-state index contributed by atoms with van der Waals surface area (Å²) in [5.41, 5.74) is 0.662. The Morgan fingerprint density at radius 2 is 2.00 bits per heavy atom. The average Bonchev–Trinajstić information content (AvgIpc) is 2.70. The van der Waals surface area contributed by atoms with Gasteiger partial charge in [0.05, 0.1) is 12.2 Å². The molecule has 1 heterocycles. The number of hydrogen-bond donors (Lipinski definition) is 1. The molecule has 0 spiro atoms. The summed E-state index contributed by atoms with van der Waals surface area (Å²) >= 11 is 1.46. The standard InChI is InChI=1S/C16H25NO3S/c1-7-20-15(19)12-8-13(10(2)9-16(4,5)6)21-14(12)17-11(3)18/h8,10H,7,9H2,1-6H3,(H,17,18). The molecule has 5 heteroatoms. The number of rotatable bonds is 5. The van der Waals surface area contributed by atoms with E-state index in [-0.39, 0.29) is 17.3 Å². The average molecular weight is 311 g/mol. The summed E-state index contributed by atoms with van der Waals surface area (Å²) in [6.45, 7) is 12.2. The largest absolute Gasteiger partial charge is 0.462 e. The van der Waals surface area contributed by atoms with E-state index in [9.17, 15) is 9.59 Å². The summed E-state index contributed by atoms with van der Waals surface area (Å²) in [5, 5.41) is 3.31. The zero-order valence-corrected chi connectivity index (χ0v) is 14.5. The summed E-state index contributed by atoms with van der Waals surface area (Å²) in [4.78, 5) is 24.4. The smallest absolute Gasteiger partial charge is 0.341 e. The number of thiophene rings is 1. The fourth-order valence-corrected chi connectivity index (χ4v) is 3.43. The molecule has 1 rings (SSSR count). The van der Waals surface area contributed by atoms with Gasteiger partial charge in [-0.1, -0.05) is 27.7 Å². The van der Waals surface area contributed by atoms with E-state index in [1.807, 2.05) is 6.07 Å². The molecule has 0 aliphatic carbocycles. The van der Waals surface area contributed by atoms with Gasteiger partial charge in [0, 0.05) is 11.8 Å². The molecule has 1 atom stereocenters. The van der Waals surface area contributed by atoms with Crippen LogP contribution in [0, 0.1) is 5.41 Å². The van der Waals surface area contributed by atoms with Crippen molar-refractivity contribution in [2.45, 2.75) is 53.9 Å². The Bertz CT molecular complexity index is 514. The van der Waals surface area contributed by atoms with Crippen molar-refractivity contribution in [1.82, 2.24) is 0 Å². The molecule has 0 fully saturated rings. The minimum absolute atomic E-state index is 0.183. The van der Waals surface area contributed by atoms with E-state index >= 15 is 0 Å². The second-order valence-electron chi connectivity index (χ2n) is 6.46. The number of esters is 1. The number of amides is 1. The normalized spacial score (nSPS) is 12.9. The van der Waals surface area contributed by atoms with Crippen molar-refractivity contribution in [3.63, 3.8) is 0 Å². The lowest BCUT2D eigenvalue weighted by Crippen LogP contribution is -2.10. The maximum atomic E-state index is 12.0. The lowest BCUT2D eigenvalue weighted by Gasteiger charge is -2.22. The van der Waals surface area contributed by atoms with Crippen molar-refractivity contribution in [2.75, 3.05) is 11.9 Å². The Morgan fingerprint density at radius 1 is 1.38 bits per heavy atom. The van der Waals surface area contributed by atoms with Crippen molar-refractivity contribution < 1.29 is 14.3 Å². The molecular weight excluding hydrogens is 286 g/mol. The second-order valence-corrected chi connectivity index (χ2v) is 7.54. The topological polar surface area (TPSA) is 55.4 Å². The molecule has 0 bridgehead atoms. The first-order valence-corrected chi connectivity index (χ1v) is 8.04. The first-order chi connectivity index (χ1) is 9.64. The summed E-state index contributed by atoms with van der Waals surface area (Å²) < 4.78 is 5.06. The highest BCUT2D eigenvalue weighted by Gasteiger charge is 2.23. The lowest BCUT2D eigenvalue weighted by atomic mass is 9.85. The van der Waals surface area contributed by atoms with Crippen LogP contribution in [0.4, 0.5) is 5.00 Å². The van der Waals surface area contributed by atoms with Gasteiger partial charge >= 0.3 is 5.97 Å². The van der Waals surface area contributed by atoms with Crippen LogP contribution in [-0.4, -0.2) is 18.5 Å². The van der Waals surface area contributed by atoms with E-state index in [1.165, 1.54) is 18.3 Å². The van der Waals surface area contributed by atoms with Gasteiger partial charge < -0.3 is 10.1 Å². The van der Waals surface area contributed by atoms with Crippen LogP contribution in [0.15, 0.2) is 6.07 Å². The zero-order valence-electron chi connectivity index (χ0n) is 13.7. The van der Waals surface area contributed by atoms with Crippen molar-refractivity contribution in [3.05, 3.63) is 16.5 Å². The number of hydrogen-bond acceptors (Lipinski definition) is 4. The second kappa shape index (κ2) is 7.07. The van der Waals surface area contributed by atoms with Gasteiger partial charge in [-0.3, -0.25) is 4.79 Å². The summed E-state index contributed by atoms with van der Waals surface area (Å²) in [6.07, 6.45) is 1.01. The predicted molar refractivity (Wildman–Crippen MR) is 87.1 cm³/mol. The van der Waals surface area contributed by atoms with Gasteiger partial charge in [0.2, 0.25) is 5.91 Å². The van der Waals surface area contributed by atoms with Crippen molar-refractivity contribution in [1.29, 1.82) is 0 Å². The first kappa shape index (κ1) is 17.7. The van der Waals surface area contributed by atoms with Crippen LogP contribution in [0.3, 0.4) is 0 Å². The van der Waals surface area contributed by atoms with Gasteiger partial charge in [-0.2, -0.15) is 0 Å². The molecule has 0 aliphatic rings. The van der Waals surface area contributed by atoms with E-state index < -0.39 is 0 Å². The number of ether oxygens (including phenoxy) is 1. The van der Waals surface area contributed by atoms with Crippen LogP contribution in [-0.2, 0) is 9.53 Å². The van der Waals surface area contributed by atoms with E-state index in [4.69, 9.17) is 4.74 Å². The van der Waals surface area contributed by atoms with Gasteiger partial charge in [-0.05, 0) is 30.7 Å². The number of carbonyl (C=O) groups is 2. The Hall–Kier alpha value is -1.36. The van der Waals surface area contributed by atoms with E-state index in [0.29, 0.717) is 23.1 Å². The molecule has 1 aromatic heterocycles. The SMILES string of the molecule is CCOC(=O)c1cc(C(C)CC(C)(C)C)sc1NC(C)=O. The molecule has 0 radical (unpaired) electrons. The zero-order chi connectivity index (χ0) is 16.2. The van der Waals surface area contributed by atoms with Gasteiger partial charge in [0.1, 0.15) is 5.00 Å². The minimum Gasteiger partial charge on any atom is -0.462 e. The lowest BCUT2D eigenvalue weighted by molar-refractivity contribution is -0.114. The van der Waals surface area contributed by atoms with Crippen LogP contribution in [0.1, 0.15) is 69.1 Å². The maximum Gasteiger partial charge on any atom is 0.341 e. The molecule has 4 nitrogen and oxygen atoms in total. The predicted octanol–water partition coefficient (Wildman–Crippen LogP) is 4.42. The minimum atomic E-state index is -0.383. The van der Waals surface area contributed by atoms with E-state index in [1.54, 1.807) is 6.92 Å². The maximum absolute atomic E-state index is 12.0. The van der Waals surface area contributed by atoms with E-state index in [0.717, 1.165) is 11.3 Å². The number of nitrogens with one attached hydrogen (secondary N) is 1. The van der Waals surface area contributed by atoms with Crippen molar-refractivity contribution in [2.24, 2.45) is 5.41 Å². The van der Waals surface area contributed by atoms with Crippen molar-refractivity contribution in [3.8, 4) is 0 Å². The van der Waals surface area contributed by atoms with E-state index in [2.05, 4.69) is 33.0 Å². The highest BCUT2D eigenvalue weighted by Crippen LogP contribution is 2.38. The highest BCUT2D eigenvalue weighted by molar-refractivity contribution is 7.16. The Labute approximate surface area is 130 Å². The molecule has 0 saturated carbocycles. The Morgan fingerprint density at radius 3 is 2.48 bits per heavy atom. The molecule has 21 heavy (non-hydrogen) atoms. The van der Waals surface area contributed by atoms with Crippen LogP contribution in [0.5, 0.6) is 0 Å². The van der Waals surface area contributed by atoms with Crippen LogP contribution >= 0.6 is 11.3 Å². The fraction of sp³-hybridized carbons (Fsp3) is 0.625. The van der Waals surface area contributed by atoms with Crippen LogP contribution in [0.25, 0.3) is 0 Å². The third-order valence-electron chi connectivity index (χ3n) is 2.94. The molecule has 0 saturated heterocycles. The third-order valence-corrected chi connectivity index (χ3v) is 4.22. The molecule has 1 N–H and O–H groups in total. The first-order valence-electron chi connectivity index (χ1n) is 7.22. The summed E-state index contributed by atoms with van der Waals surface area (Å²) in [7, 11) is 0. The molecule has 1 aromatic rings. The summed E-state index contributed by atoms with van der Waals surface area (Å²) in [5.74, 6) is -0.241. The monoisotopic (exact) mass is 311 g/mol. The molecular formula is C16H25NO3S. The van der Waals surface area contributed by atoms with Crippen molar-refractivity contribution >= 4 is 28.2 Å². The Kier molecular flexibility index (Phi) is 5.96. The highest BCUT2D eigenvalue weighted by atomic mass is 32.1. The molecule has 118 valence electrons. The molecule has 0 aliphatic heterocycles. The Balaban J connectivity index is 3.07. The number of carbonyl (C=O) groups excluding carboxylic acids is 2. The van der Waals surface area contributed by atoms with Crippen LogP contribution < -0.4 is 5.32 Å². The molecule has 1 amide bonds. The quantitative estimate of drug-likeness (QED) is 0.819. The fourth-order valence-electron chi connectivity index (χ4n) is 2.29.